The first-order valence-corrected chi connectivity index (χ1v) is 10.6. The molecule has 3 aromatic heterocycles. The number of pyridine rings is 1. The second-order valence-electron chi connectivity index (χ2n) is 6.52. The number of thiazole rings is 1. The summed E-state index contributed by atoms with van der Waals surface area (Å²) in [5, 5.41) is 2.68. The molecule has 0 N–H and O–H groups in total. The van der Waals surface area contributed by atoms with Crippen LogP contribution in [0.3, 0.4) is 0 Å². The van der Waals surface area contributed by atoms with Crippen molar-refractivity contribution in [3.05, 3.63) is 81.8 Å². The van der Waals surface area contributed by atoms with Gasteiger partial charge < -0.3 is 0 Å². The van der Waals surface area contributed by atoms with Gasteiger partial charge in [-0.1, -0.05) is 29.5 Å². The Morgan fingerprint density at radius 2 is 2.07 bits per heavy atom. The van der Waals surface area contributed by atoms with E-state index in [0.717, 1.165) is 26.4 Å². The van der Waals surface area contributed by atoms with Gasteiger partial charge in [0.25, 0.3) is 5.91 Å². The third-order valence-corrected chi connectivity index (χ3v) is 6.16. The second kappa shape index (κ2) is 8.04. The van der Waals surface area contributed by atoms with Crippen LogP contribution in [0.15, 0.2) is 60.1 Å². The summed E-state index contributed by atoms with van der Waals surface area (Å²) in [6.45, 7) is 4.51. The molecule has 0 atom stereocenters. The summed E-state index contributed by atoms with van der Waals surface area (Å²) in [6, 6.07) is 13.9. The zero-order valence-corrected chi connectivity index (χ0v) is 17.3. The van der Waals surface area contributed by atoms with Crippen molar-refractivity contribution in [1.29, 1.82) is 0 Å². The van der Waals surface area contributed by atoms with E-state index >= 15 is 0 Å². The van der Waals surface area contributed by atoms with E-state index in [9.17, 15) is 4.79 Å². The van der Waals surface area contributed by atoms with Gasteiger partial charge in [-0.3, -0.25) is 14.7 Å². The molecule has 28 heavy (non-hydrogen) atoms. The number of rotatable bonds is 5. The minimum atomic E-state index is -0.104. The second-order valence-corrected chi connectivity index (χ2v) is 8.51. The van der Waals surface area contributed by atoms with Crippen molar-refractivity contribution in [3.63, 3.8) is 0 Å². The normalized spacial score (nSPS) is 11.4. The van der Waals surface area contributed by atoms with Crippen LogP contribution in [-0.4, -0.2) is 15.9 Å². The highest BCUT2D eigenvalue weighted by molar-refractivity contribution is 7.22. The number of amides is 1. The van der Waals surface area contributed by atoms with Crippen LogP contribution in [-0.2, 0) is 11.3 Å². The van der Waals surface area contributed by atoms with Gasteiger partial charge in [0, 0.05) is 17.2 Å². The fourth-order valence-electron chi connectivity index (χ4n) is 3.00. The highest BCUT2D eigenvalue weighted by Crippen LogP contribution is 2.32. The van der Waals surface area contributed by atoms with Gasteiger partial charge in [0.2, 0.25) is 0 Å². The van der Waals surface area contributed by atoms with Crippen LogP contribution in [0.2, 0.25) is 0 Å². The van der Waals surface area contributed by atoms with Crippen molar-refractivity contribution in [1.82, 2.24) is 9.97 Å². The maximum Gasteiger partial charge on any atom is 0.253 e. The first kappa shape index (κ1) is 18.5. The molecule has 0 bridgehead atoms. The standard InChI is InChI=1S/C22H19N3OS2/c1-15-12-16(2)21-19(13-15)28-22(24-21)25(14-17-6-3-4-10-23-17)20(26)9-8-18-7-5-11-27-18/h3-13H,14H2,1-2H3/b9-8+. The summed E-state index contributed by atoms with van der Waals surface area (Å²) in [5.41, 5.74) is 4.09. The molecule has 4 nitrogen and oxygen atoms in total. The molecule has 4 aromatic rings. The number of nitrogens with zero attached hydrogens (tertiary/aromatic N) is 3. The molecule has 0 aliphatic heterocycles. The number of hydrogen-bond acceptors (Lipinski definition) is 5. The Morgan fingerprint density at radius 3 is 2.82 bits per heavy atom. The lowest BCUT2D eigenvalue weighted by Crippen LogP contribution is -2.29. The molecule has 6 heteroatoms. The van der Waals surface area contributed by atoms with Crippen LogP contribution in [0.5, 0.6) is 0 Å². The molecule has 1 aromatic carbocycles. The van der Waals surface area contributed by atoms with E-state index in [1.54, 1.807) is 28.5 Å². The summed E-state index contributed by atoms with van der Waals surface area (Å²) in [6.07, 6.45) is 5.20. The number of hydrogen-bond donors (Lipinski definition) is 0. The smallest absolute Gasteiger partial charge is 0.253 e. The van der Waals surface area contributed by atoms with E-state index in [4.69, 9.17) is 4.98 Å². The van der Waals surface area contributed by atoms with E-state index in [1.807, 2.05) is 41.8 Å². The molecule has 0 fully saturated rings. The van der Waals surface area contributed by atoms with E-state index in [-0.39, 0.29) is 5.91 Å². The Kier molecular flexibility index (Phi) is 5.32. The molecule has 0 aliphatic rings. The first-order valence-electron chi connectivity index (χ1n) is 8.91. The monoisotopic (exact) mass is 405 g/mol. The lowest BCUT2D eigenvalue weighted by Gasteiger charge is -2.17. The van der Waals surface area contributed by atoms with Crippen molar-refractivity contribution < 1.29 is 4.79 Å². The number of aryl methyl sites for hydroxylation is 2. The van der Waals surface area contributed by atoms with Crippen LogP contribution in [0.25, 0.3) is 16.3 Å². The van der Waals surface area contributed by atoms with Crippen LogP contribution in [0, 0.1) is 13.8 Å². The molecule has 0 saturated heterocycles. The van der Waals surface area contributed by atoms with Crippen molar-refractivity contribution in [2.75, 3.05) is 4.90 Å². The zero-order chi connectivity index (χ0) is 19.5. The molecule has 3 heterocycles. The number of carbonyl (C=O) groups excluding carboxylic acids is 1. The van der Waals surface area contributed by atoms with Gasteiger partial charge in [-0.25, -0.2) is 4.98 Å². The van der Waals surface area contributed by atoms with E-state index in [0.29, 0.717) is 11.7 Å². The minimum Gasteiger partial charge on any atom is -0.278 e. The third kappa shape index (κ3) is 4.03. The zero-order valence-electron chi connectivity index (χ0n) is 15.6. The maximum atomic E-state index is 13.1. The predicted molar refractivity (Wildman–Crippen MR) is 118 cm³/mol. The van der Waals surface area contributed by atoms with Crippen LogP contribution in [0.4, 0.5) is 5.13 Å². The van der Waals surface area contributed by atoms with Gasteiger partial charge in [0.1, 0.15) is 0 Å². The molecule has 0 unspecified atom stereocenters. The third-order valence-electron chi connectivity index (χ3n) is 4.30. The molecular weight excluding hydrogens is 386 g/mol. The SMILES string of the molecule is Cc1cc(C)c2nc(N(Cc3ccccn3)C(=O)/C=C/c3cccs3)sc2c1. The Labute approximate surface area is 171 Å². The summed E-state index contributed by atoms with van der Waals surface area (Å²) < 4.78 is 1.09. The molecular formula is C22H19N3OS2. The lowest BCUT2D eigenvalue weighted by atomic mass is 10.1. The van der Waals surface area contributed by atoms with Crippen molar-refractivity contribution in [2.45, 2.75) is 20.4 Å². The summed E-state index contributed by atoms with van der Waals surface area (Å²) >= 11 is 3.14. The molecule has 0 saturated carbocycles. The average molecular weight is 406 g/mol. The Morgan fingerprint density at radius 1 is 1.18 bits per heavy atom. The van der Waals surface area contributed by atoms with Crippen LogP contribution >= 0.6 is 22.7 Å². The highest BCUT2D eigenvalue weighted by atomic mass is 32.1. The molecule has 0 radical (unpaired) electrons. The molecule has 4 rings (SSSR count). The van der Waals surface area contributed by atoms with Crippen LogP contribution in [0.1, 0.15) is 21.7 Å². The van der Waals surface area contributed by atoms with Gasteiger partial charge in [0.15, 0.2) is 5.13 Å². The lowest BCUT2D eigenvalue weighted by molar-refractivity contribution is -0.114. The molecule has 140 valence electrons. The van der Waals surface area contributed by atoms with E-state index in [1.165, 1.54) is 16.9 Å². The fraction of sp³-hybridized carbons (Fsp3) is 0.136. The van der Waals surface area contributed by atoms with Gasteiger partial charge in [0.05, 0.1) is 22.5 Å². The average Bonchev–Trinajstić information content (AvgIpc) is 3.34. The molecule has 0 spiro atoms. The fourth-order valence-corrected chi connectivity index (χ4v) is 4.76. The summed E-state index contributed by atoms with van der Waals surface area (Å²) in [4.78, 5) is 25.0. The molecule has 1 amide bonds. The van der Waals surface area contributed by atoms with E-state index < -0.39 is 0 Å². The number of thiophene rings is 1. The highest BCUT2D eigenvalue weighted by Gasteiger charge is 2.19. The molecule has 0 aliphatic carbocycles. The number of benzene rings is 1. The van der Waals surface area contributed by atoms with E-state index in [2.05, 4.69) is 31.0 Å². The van der Waals surface area contributed by atoms with Crippen molar-refractivity contribution in [2.24, 2.45) is 0 Å². The largest absolute Gasteiger partial charge is 0.278 e. The maximum absolute atomic E-state index is 13.1. The van der Waals surface area contributed by atoms with Gasteiger partial charge in [-0.2, -0.15) is 0 Å². The van der Waals surface area contributed by atoms with Crippen molar-refractivity contribution in [3.8, 4) is 0 Å². The van der Waals surface area contributed by atoms with Crippen molar-refractivity contribution >= 4 is 50.0 Å². The Balaban J connectivity index is 1.72. The number of aromatic nitrogens is 2. The predicted octanol–water partition coefficient (Wildman–Crippen LogP) is 5.62. The first-order chi connectivity index (χ1) is 13.6. The number of fused-ring (bicyclic) bond motifs is 1. The summed E-state index contributed by atoms with van der Waals surface area (Å²) in [7, 11) is 0. The number of carbonyl (C=O) groups is 1. The van der Waals surface area contributed by atoms with Crippen LogP contribution < -0.4 is 4.90 Å². The van der Waals surface area contributed by atoms with Gasteiger partial charge in [-0.15, -0.1) is 11.3 Å². The quantitative estimate of drug-likeness (QED) is 0.405. The Hall–Kier alpha value is -2.83. The number of anilines is 1. The van der Waals surface area contributed by atoms with Gasteiger partial charge in [-0.05, 0) is 60.7 Å². The topological polar surface area (TPSA) is 46.1 Å². The summed E-state index contributed by atoms with van der Waals surface area (Å²) in [5.74, 6) is -0.104. The van der Waals surface area contributed by atoms with Gasteiger partial charge >= 0.3 is 0 Å². The minimum absolute atomic E-state index is 0.104. The Bertz CT molecular complexity index is 1130.